The van der Waals surface area contributed by atoms with Gasteiger partial charge in [0.1, 0.15) is 10.7 Å². The second kappa shape index (κ2) is 6.16. The van der Waals surface area contributed by atoms with Crippen molar-refractivity contribution in [1.82, 2.24) is 9.29 Å². The van der Waals surface area contributed by atoms with Gasteiger partial charge < -0.3 is 4.74 Å². The van der Waals surface area contributed by atoms with Crippen molar-refractivity contribution in [3.8, 4) is 0 Å². The summed E-state index contributed by atoms with van der Waals surface area (Å²) < 4.78 is 46.6. The Kier molecular flexibility index (Phi) is 4.10. The lowest BCUT2D eigenvalue weighted by atomic mass is 9.65. The van der Waals surface area contributed by atoms with Crippen molar-refractivity contribution in [1.29, 1.82) is 0 Å². The second-order valence-corrected chi connectivity index (χ2v) is 8.57. The van der Waals surface area contributed by atoms with Crippen molar-refractivity contribution < 1.29 is 17.5 Å². The van der Waals surface area contributed by atoms with Gasteiger partial charge in [0, 0.05) is 31.4 Å². The molecule has 25 heavy (non-hydrogen) atoms. The molecule has 2 aliphatic heterocycles. The molecule has 1 aromatic heterocycles. The lowest BCUT2D eigenvalue weighted by Crippen LogP contribution is -2.62. The molecule has 7 heteroatoms. The molecule has 0 aliphatic carbocycles. The zero-order valence-corrected chi connectivity index (χ0v) is 14.5. The van der Waals surface area contributed by atoms with Crippen LogP contribution in [0.5, 0.6) is 0 Å². The van der Waals surface area contributed by atoms with E-state index in [4.69, 9.17) is 4.74 Å². The highest BCUT2D eigenvalue weighted by atomic mass is 32.2. The largest absolute Gasteiger partial charge is 0.381 e. The van der Waals surface area contributed by atoms with Crippen LogP contribution in [0.4, 0.5) is 4.39 Å². The fraction of sp³-hybridized carbons (Fsp3) is 0.389. The quantitative estimate of drug-likeness (QED) is 0.842. The predicted molar refractivity (Wildman–Crippen MR) is 89.8 cm³/mol. The molecule has 4 rings (SSSR count). The minimum atomic E-state index is -3.81. The van der Waals surface area contributed by atoms with Crippen LogP contribution in [0.2, 0.25) is 0 Å². The molecule has 2 fully saturated rings. The van der Waals surface area contributed by atoms with Crippen LogP contribution in [0.15, 0.2) is 53.7 Å². The van der Waals surface area contributed by atoms with Gasteiger partial charge in [0.25, 0.3) is 0 Å². The Labute approximate surface area is 146 Å². The fourth-order valence-corrected chi connectivity index (χ4v) is 5.71. The van der Waals surface area contributed by atoms with Gasteiger partial charge in [0.2, 0.25) is 10.0 Å². The zero-order chi connectivity index (χ0) is 17.5. The van der Waals surface area contributed by atoms with E-state index in [0.29, 0.717) is 19.8 Å². The molecule has 0 saturated carbocycles. The molecular formula is C18H19FN2O3S. The Morgan fingerprint density at radius 2 is 1.88 bits per heavy atom. The number of benzene rings is 1. The van der Waals surface area contributed by atoms with Crippen LogP contribution < -0.4 is 0 Å². The third-order valence-corrected chi connectivity index (χ3v) is 7.01. The van der Waals surface area contributed by atoms with Crippen LogP contribution in [0.1, 0.15) is 24.4 Å². The zero-order valence-electron chi connectivity index (χ0n) is 13.6. The average molecular weight is 362 g/mol. The molecule has 5 nitrogen and oxygen atoms in total. The molecule has 0 unspecified atom stereocenters. The first-order chi connectivity index (χ1) is 12.0. The second-order valence-electron chi connectivity index (χ2n) is 6.68. The number of sulfonamides is 1. The van der Waals surface area contributed by atoms with Gasteiger partial charge in [0.05, 0.1) is 12.2 Å². The van der Waals surface area contributed by atoms with E-state index in [9.17, 15) is 12.8 Å². The van der Waals surface area contributed by atoms with Crippen LogP contribution in [0.3, 0.4) is 0 Å². The number of pyridine rings is 1. The Hall–Kier alpha value is -1.83. The highest BCUT2D eigenvalue weighted by Gasteiger charge is 2.57. The molecule has 1 aromatic carbocycles. The highest BCUT2D eigenvalue weighted by molar-refractivity contribution is 7.89. The Morgan fingerprint density at radius 1 is 1.16 bits per heavy atom. The summed E-state index contributed by atoms with van der Waals surface area (Å²) in [5.41, 5.74) is 0.844. The van der Waals surface area contributed by atoms with Crippen LogP contribution in [0, 0.1) is 11.2 Å². The average Bonchev–Trinajstić information content (AvgIpc) is 2.61. The van der Waals surface area contributed by atoms with Gasteiger partial charge in [-0.25, -0.2) is 12.8 Å². The van der Waals surface area contributed by atoms with Crippen molar-refractivity contribution >= 4 is 10.0 Å². The summed E-state index contributed by atoms with van der Waals surface area (Å²) in [6.07, 6.45) is 3.85. The number of hydrogen-bond acceptors (Lipinski definition) is 4. The monoisotopic (exact) mass is 362 g/mol. The normalized spacial score (nSPS) is 23.3. The van der Waals surface area contributed by atoms with E-state index in [0.717, 1.165) is 30.7 Å². The van der Waals surface area contributed by atoms with E-state index in [2.05, 4.69) is 4.98 Å². The van der Waals surface area contributed by atoms with Crippen molar-refractivity contribution in [2.75, 3.05) is 19.8 Å². The summed E-state index contributed by atoms with van der Waals surface area (Å²) in [7, 11) is -3.81. The van der Waals surface area contributed by atoms with Gasteiger partial charge in [-0.1, -0.05) is 30.3 Å². The molecule has 0 N–H and O–H groups in total. The van der Waals surface area contributed by atoms with Crippen molar-refractivity contribution in [3.63, 3.8) is 0 Å². The lowest BCUT2D eigenvalue weighted by Gasteiger charge is -2.58. The van der Waals surface area contributed by atoms with Crippen molar-refractivity contribution in [3.05, 3.63) is 60.2 Å². The number of hydrogen-bond donors (Lipinski definition) is 0. The Balaban J connectivity index is 1.74. The summed E-state index contributed by atoms with van der Waals surface area (Å²) in [5, 5.41) is 0. The number of halogens is 1. The van der Waals surface area contributed by atoms with Gasteiger partial charge >= 0.3 is 0 Å². The summed E-state index contributed by atoms with van der Waals surface area (Å²) in [6.45, 7) is 1.70. The summed E-state index contributed by atoms with van der Waals surface area (Å²) >= 11 is 0. The summed E-state index contributed by atoms with van der Waals surface area (Å²) in [6, 6.07) is 10.4. The van der Waals surface area contributed by atoms with Crippen molar-refractivity contribution in [2.45, 2.75) is 23.8 Å². The minimum Gasteiger partial charge on any atom is -0.381 e. The van der Waals surface area contributed by atoms with E-state index in [1.54, 1.807) is 0 Å². The highest BCUT2D eigenvalue weighted by Crippen LogP contribution is 2.56. The van der Waals surface area contributed by atoms with Crippen LogP contribution in [-0.2, 0) is 14.8 Å². The number of aromatic nitrogens is 1. The van der Waals surface area contributed by atoms with E-state index < -0.39 is 15.8 Å². The molecule has 0 bridgehead atoms. The minimum absolute atomic E-state index is 0.102. The van der Waals surface area contributed by atoms with Crippen LogP contribution >= 0.6 is 0 Å². The van der Waals surface area contributed by atoms with E-state index in [-0.39, 0.29) is 16.4 Å². The standard InChI is InChI=1S/C18H19FN2O3S/c19-15-10-16(12-20-11-15)25(22,23)21-13-18(6-8-24-9-7-18)17(21)14-4-2-1-3-5-14/h1-5,10-12,17H,6-9,13H2/t17-/m0/s1. The Bertz CT molecular complexity index is 867. The molecule has 1 atom stereocenters. The van der Waals surface area contributed by atoms with E-state index in [1.807, 2.05) is 30.3 Å². The smallest absolute Gasteiger partial charge is 0.245 e. The van der Waals surface area contributed by atoms with Gasteiger partial charge in [-0.3, -0.25) is 4.98 Å². The number of nitrogens with zero attached hydrogens (tertiary/aromatic N) is 2. The third kappa shape index (κ3) is 2.76. The molecule has 2 aromatic rings. The van der Waals surface area contributed by atoms with E-state index in [1.165, 1.54) is 10.5 Å². The maximum absolute atomic E-state index is 13.5. The molecule has 0 radical (unpaired) electrons. The van der Waals surface area contributed by atoms with Gasteiger partial charge in [0.15, 0.2) is 0 Å². The molecule has 1 spiro atoms. The fourth-order valence-electron chi connectivity index (χ4n) is 3.94. The molecule has 2 saturated heterocycles. The first kappa shape index (κ1) is 16.6. The first-order valence-electron chi connectivity index (χ1n) is 8.28. The lowest BCUT2D eigenvalue weighted by molar-refractivity contribution is -0.0952. The summed E-state index contributed by atoms with van der Waals surface area (Å²) in [5.74, 6) is -0.654. The summed E-state index contributed by atoms with van der Waals surface area (Å²) in [4.78, 5) is 3.59. The SMILES string of the molecule is O=S(=O)(c1cncc(F)c1)N1CC2(CCOCC2)[C@@H]1c1ccccc1. The molecule has 2 aliphatic rings. The molecule has 0 amide bonds. The maximum Gasteiger partial charge on any atom is 0.245 e. The molecular weight excluding hydrogens is 343 g/mol. The van der Waals surface area contributed by atoms with Gasteiger partial charge in [-0.05, 0) is 24.5 Å². The van der Waals surface area contributed by atoms with Crippen LogP contribution in [0.25, 0.3) is 0 Å². The van der Waals surface area contributed by atoms with Crippen molar-refractivity contribution in [2.24, 2.45) is 5.41 Å². The van der Waals surface area contributed by atoms with E-state index >= 15 is 0 Å². The molecule has 3 heterocycles. The predicted octanol–water partition coefficient (Wildman–Crippen LogP) is 2.76. The number of rotatable bonds is 3. The third-order valence-electron chi connectivity index (χ3n) is 5.23. The Morgan fingerprint density at radius 3 is 2.56 bits per heavy atom. The van der Waals surface area contributed by atoms with Gasteiger partial charge in [-0.2, -0.15) is 4.31 Å². The number of ether oxygens (including phenoxy) is 1. The van der Waals surface area contributed by atoms with Crippen LogP contribution in [-0.4, -0.2) is 37.5 Å². The topological polar surface area (TPSA) is 59.5 Å². The molecule has 132 valence electrons. The maximum atomic E-state index is 13.5. The first-order valence-corrected chi connectivity index (χ1v) is 9.72. The van der Waals surface area contributed by atoms with Gasteiger partial charge in [-0.15, -0.1) is 0 Å².